The molecule has 1 aliphatic rings. The lowest BCUT2D eigenvalue weighted by molar-refractivity contribution is 0.233. The number of pyridine rings is 1. The van der Waals surface area contributed by atoms with Crippen molar-refractivity contribution in [2.45, 2.75) is 13.5 Å². The second-order valence-corrected chi connectivity index (χ2v) is 4.55. The zero-order valence-corrected chi connectivity index (χ0v) is 12.8. The van der Waals surface area contributed by atoms with Crippen LogP contribution in [0.15, 0.2) is 4.63 Å². The van der Waals surface area contributed by atoms with Crippen LogP contribution in [0.25, 0.3) is 11.2 Å². The molecule has 0 amide bonds. The van der Waals surface area contributed by atoms with Crippen LogP contribution in [-0.2, 0) is 6.54 Å². The number of piperazine rings is 1. The molecule has 0 radical (unpaired) electrons. The van der Waals surface area contributed by atoms with Crippen molar-refractivity contribution in [3.63, 3.8) is 0 Å². The number of nitrogens with one attached hydrogen (secondary N) is 1. The highest BCUT2D eigenvalue weighted by molar-refractivity contribution is 5.86. The second kappa shape index (κ2) is 7.03. The van der Waals surface area contributed by atoms with Gasteiger partial charge in [-0.25, -0.2) is 9.61 Å². The molecule has 3 N–H and O–H groups in total. The molecule has 2 aromatic heterocycles. The summed E-state index contributed by atoms with van der Waals surface area (Å²) in [6, 6.07) is 0. The van der Waals surface area contributed by atoms with Crippen molar-refractivity contribution < 1.29 is 4.63 Å². The molecule has 3 rings (SSSR count). The van der Waals surface area contributed by atoms with Crippen molar-refractivity contribution in [3.05, 3.63) is 11.3 Å². The van der Waals surface area contributed by atoms with E-state index in [0.717, 1.165) is 44.0 Å². The van der Waals surface area contributed by atoms with Crippen LogP contribution < -0.4 is 11.1 Å². The lowest BCUT2D eigenvalue weighted by atomic mass is 10.1. The van der Waals surface area contributed by atoms with Crippen molar-refractivity contribution >= 4 is 41.7 Å². The summed E-state index contributed by atoms with van der Waals surface area (Å²) in [5, 5.41) is 10.9. The molecule has 1 fully saturated rings. The van der Waals surface area contributed by atoms with Crippen LogP contribution >= 0.6 is 24.8 Å². The Bertz CT molecular complexity index is 569. The molecular formula is C11H18Cl2N6O. The van der Waals surface area contributed by atoms with Gasteiger partial charge in [-0.1, -0.05) is 0 Å². The topological polar surface area (TPSA) is 93.1 Å². The minimum atomic E-state index is 0. The zero-order valence-electron chi connectivity index (χ0n) is 11.1. The molecule has 0 bridgehead atoms. The van der Waals surface area contributed by atoms with Gasteiger partial charge in [0.05, 0.1) is 5.69 Å². The maximum atomic E-state index is 6.14. The Balaban J connectivity index is 0.000001000. The van der Waals surface area contributed by atoms with E-state index in [1.165, 1.54) is 0 Å². The van der Waals surface area contributed by atoms with Crippen LogP contribution in [0, 0.1) is 6.92 Å². The summed E-state index contributed by atoms with van der Waals surface area (Å²) in [5.41, 5.74) is 9.74. The van der Waals surface area contributed by atoms with Crippen molar-refractivity contribution in [1.82, 2.24) is 25.5 Å². The molecule has 0 atom stereocenters. The first kappa shape index (κ1) is 16.9. The maximum Gasteiger partial charge on any atom is 0.226 e. The van der Waals surface area contributed by atoms with Gasteiger partial charge in [0.15, 0.2) is 5.52 Å². The second-order valence-electron chi connectivity index (χ2n) is 4.55. The number of aromatic nitrogens is 3. The molecule has 7 nitrogen and oxygen atoms in total. The highest BCUT2D eigenvalue weighted by Gasteiger charge is 2.18. The number of nitrogens with two attached hydrogens (primary N) is 1. The first-order valence-electron chi connectivity index (χ1n) is 6.06. The van der Waals surface area contributed by atoms with Crippen LogP contribution in [-0.4, -0.2) is 46.4 Å². The van der Waals surface area contributed by atoms with Crippen LogP contribution in [0.2, 0.25) is 0 Å². The quantitative estimate of drug-likeness (QED) is 0.843. The average Bonchev–Trinajstić information content (AvgIpc) is 2.84. The van der Waals surface area contributed by atoms with E-state index in [1.54, 1.807) is 0 Å². The number of aryl methyl sites for hydroxylation is 1. The third kappa shape index (κ3) is 3.12. The summed E-state index contributed by atoms with van der Waals surface area (Å²) in [7, 11) is 0. The number of hydrogen-bond donors (Lipinski definition) is 2. The van der Waals surface area contributed by atoms with Gasteiger partial charge in [-0.15, -0.1) is 24.8 Å². The van der Waals surface area contributed by atoms with Gasteiger partial charge in [0.2, 0.25) is 5.65 Å². The van der Waals surface area contributed by atoms with Crippen LogP contribution in [0.5, 0.6) is 0 Å². The molecule has 1 aliphatic heterocycles. The fourth-order valence-corrected chi connectivity index (χ4v) is 2.28. The van der Waals surface area contributed by atoms with Gasteiger partial charge in [0.1, 0.15) is 0 Å². The highest BCUT2D eigenvalue weighted by Crippen LogP contribution is 2.24. The smallest absolute Gasteiger partial charge is 0.226 e. The number of nitrogens with zero attached hydrogens (tertiary/aromatic N) is 4. The van der Waals surface area contributed by atoms with E-state index < -0.39 is 0 Å². The summed E-state index contributed by atoms with van der Waals surface area (Å²) in [6.07, 6.45) is 0. The van der Waals surface area contributed by atoms with E-state index in [2.05, 4.69) is 30.1 Å². The monoisotopic (exact) mass is 320 g/mol. The molecule has 1 saturated heterocycles. The van der Waals surface area contributed by atoms with Gasteiger partial charge < -0.3 is 11.1 Å². The first-order valence-corrected chi connectivity index (χ1v) is 6.06. The first-order chi connectivity index (χ1) is 8.75. The Kier molecular flexibility index (Phi) is 5.94. The molecule has 0 saturated carbocycles. The summed E-state index contributed by atoms with van der Waals surface area (Å²) in [4.78, 5) is 6.73. The number of fused-ring (bicyclic) bond motifs is 1. The molecular weight excluding hydrogens is 303 g/mol. The Morgan fingerprint density at radius 1 is 1.25 bits per heavy atom. The molecule has 3 heterocycles. The number of nitrogen functional groups attached to an aromatic ring is 1. The molecule has 9 heteroatoms. The van der Waals surface area contributed by atoms with E-state index in [-0.39, 0.29) is 24.8 Å². The van der Waals surface area contributed by atoms with Gasteiger partial charge in [-0.3, -0.25) is 4.90 Å². The zero-order chi connectivity index (χ0) is 12.5. The molecule has 0 aromatic carbocycles. The van der Waals surface area contributed by atoms with E-state index in [9.17, 15) is 0 Å². The molecule has 0 unspecified atom stereocenters. The SMILES string of the molecule is Cc1nc2nonc2c(N)c1CN1CCNCC1.Cl.Cl. The van der Waals surface area contributed by atoms with Gasteiger partial charge >= 0.3 is 0 Å². The third-order valence-electron chi connectivity index (χ3n) is 3.35. The Labute approximate surface area is 129 Å². The predicted molar refractivity (Wildman–Crippen MR) is 81.4 cm³/mol. The minimum absolute atomic E-state index is 0. The summed E-state index contributed by atoms with van der Waals surface area (Å²) >= 11 is 0. The standard InChI is InChI=1S/C11H16N6O.2ClH/c1-7-8(6-17-4-2-13-3-5-17)9(12)10-11(14-7)16-18-15-10;;/h13H,2-6,12H2,1H3;2*1H. The van der Waals surface area contributed by atoms with Crippen molar-refractivity contribution in [2.75, 3.05) is 31.9 Å². The molecule has 112 valence electrons. The fraction of sp³-hybridized carbons (Fsp3) is 0.545. The van der Waals surface area contributed by atoms with Gasteiger partial charge in [-0.2, -0.15) is 0 Å². The van der Waals surface area contributed by atoms with Gasteiger partial charge in [0, 0.05) is 44.0 Å². The average molecular weight is 321 g/mol. The Morgan fingerprint density at radius 3 is 2.65 bits per heavy atom. The third-order valence-corrected chi connectivity index (χ3v) is 3.35. The van der Waals surface area contributed by atoms with Crippen LogP contribution in [0.1, 0.15) is 11.3 Å². The minimum Gasteiger partial charge on any atom is -0.396 e. The lowest BCUT2D eigenvalue weighted by Crippen LogP contribution is -2.43. The summed E-state index contributed by atoms with van der Waals surface area (Å²) in [6.45, 7) is 6.82. The van der Waals surface area contributed by atoms with E-state index in [1.807, 2.05) is 6.92 Å². The number of halogens is 2. The molecule has 2 aromatic rings. The number of anilines is 1. The van der Waals surface area contributed by atoms with E-state index in [4.69, 9.17) is 5.73 Å². The Morgan fingerprint density at radius 2 is 1.95 bits per heavy atom. The maximum absolute atomic E-state index is 6.14. The number of rotatable bonds is 2. The summed E-state index contributed by atoms with van der Waals surface area (Å²) < 4.78 is 4.68. The highest BCUT2D eigenvalue weighted by atomic mass is 35.5. The van der Waals surface area contributed by atoms with Crippen molar-refractivity contribution in [2.24, 2.45) is 0 Å². The lowest BCUT2D eigenvalue weighted by Gasteiger charge is -2.27. The van der Waals surface area contributed by atoms with E-state index >= 15 is 0 Å². The molecule has 0 spiro atoms. The molecule has 20 heavy (non-hydrogen) atoms. The summed E-state index contributed by atoms with van der Waals surface area (Å²) in [5.74, 6) is 0. The number of hydrogen-bond acceptors (Lipinski definition) is 7. The van der Waals surface area contributed by atoms with Crippen LogP contribution in [0.4, 0.5) is 5.69 Å². The predicted octanol–water partition coefficient (Wildman–Crippen LogP) is 0.757. The van der Waals surface area contributed by atoms with Crippen molar-refractivity contribution in [1.29, 1.82) is 0 Å². The normalized spacial score (nSPS) is 15.7. The van der Waals surface area contributed by atoms with Crippen LogP contribution in [0.3, 0.4) is 0 Å². The van der Waals surface area contributed by atoms with E-state index in [0.29, 0.717) is 16.9 Å². The fourth-order valence-electron chi connectivity index (χ4n) is 2.28. The Hall–Kier alpha value is -1.15. The molecule has 0 aliphatic carbocycles. The van der Waals surface area contributed by atoms with Gasteiger partial charge in [-0.05, 0) is 17.2 Å². The largest absolute Gasteiger partial charge is 0.396 e. The van der Waals surface area contributed by atoms with Crippen molar-refractivity contribution in [3.8, 4) is 0 Å². The van der Waals surface area contributed by atoms with Gasteiger partial charge in [0.25, 0.3) is 0 Å².